The summed E-state index contributed by atoms with van der Waals surface area (Å²) in [7, 11) is 1.55. The standard InChI is InChI=1S/C12H14O4/c1-8(13)5-12(15)10-6-9(7-16-2)3-4-11(10)14/h3-4,6,14H,5,7H2,1-2H3. The first-order chi connectivity index (χ1) is 7.54. The molecule has 86 valence electrons. The zero-order valence-corrected chi connectivity index (χ0v) is 9.32. The largest absolute Gasteiger partial charge is 0.507 e. The monoisotopic (exact) mass is 222 g/mol. The van der Waals surface area contributed by atoms with Crippen molar-refractivity contribution in [2.75, 3.05) is 7.11 Å². The van der Waals surface area contributed by atoms with Crippen LogP contribution in [-0.2, 0) is 16.1 Å². The Labute approximate surface area is 93.9 Å². The Hall–Kier alpha value is -1.68. The number of rotatable bonds is 5. The molecule has 0 amide bonds. The van der Waals surface area contributed by atoms with Gasteiger partial charge in [-0.1, -0.05) is 6.07 Å². The highest BCUT2D eigenvalue weighted by atomic mass is 16.5. The normalized spacial score (nSPS) is 10.1. The van der Waals surface area contributed by atoms with Crippen molar-refractivity contribution in [1.29, 1.82) is 0 Å². The third kappa shape index (κ3) is 3.17. The predicted molar refractivity (Wildman–Crippen MR) is 58.4 cm³/mol. The number of carbonyl (C=O) groups is 2. The fraction of sp³-hybridized carbons (Fsp3) is 0.333. The Morgan fingerprint density at radius 2 is 2.06 bits per heavy atom. The van der Waals surface area contributed by atoms with Gasteiger partial charge >= 0.3 is 0 Å². The van der Waals surface area contributed by atoms with Gasteiger partial charge in [0.15, 0.2) is 5.78 Å². The van der Waals surface area contributed by atoms with Gasteiger partial charge in [-0.2, -0.15) is 0 Å². The molecule has 0 fully saturated rings. The van der Waals surface area contributed by atoms with E-state index >= 15 is 0 Å². The zero-order valence-electron chi connectivity index (χ0n) is 9.32. The van der Waals surface area contributed by atoms with Crippen LogP contribution in [0.15, 0.2) is 18.2 Å². The van der Waals surface area contributed by atoms with Crippen molar-refractivity contribution in [3.05, 3.63) is 29.3 Å². The number of phenolic OH excluding ortho intramolecular Hbond substituents is 1. The summed E-state index contributed by atoms with van der Waals surface area (Å²) in [4.78, 5) is 22.4. The molecule has 0 heterocycles. The number of aromatic hydroxyl groups is 1. The highest BCUT2D eigenvalue weighted by Crippen LogP contribution is 2.20. The fourth-order valence-corrected chi connectivity index (χ4v) is 1.38. The van der Waals surface area contributed by atoms with Crippen molar-refractivity contribution in [2.24, 2.45) is 0 Å². The molecule has 1 rings (SSSR count). The van der Waals surface area contributed by atoms with Gasteiger partial charge in [0.1, 0.15) is 11.5 Å². The number of Topliss-reactive ketones (excluding diaryl/α,β-unsaturated/α-hetero) is 2. The van der Waals surface area contributed by atoms with Crippen LogP contribution < -0.4 is 0 Å². The molecule has 0 saturated carbocycles. The molecule has 0 unspecified atom stereocenters. The summed E-state index contributed by atoms with van der Waals surface area (Å²) >= 11 is 0. The van der Waals surface area contributed by atoms with E-state index in [1.54, 1.807) is 19.2 Å². The lowest BCUT2D eigenvalue weighted by Gasteiger charge is -2.05. The van der Waals surface area contributed by atoms with E-state index in [1.807, 2.05) is 0 Å². The van der Waals surface area contributed by atoms with Gasteiger partial charge in [0.05, 0.1) is 18.6 Å². The second-order valence-electron chi connectivity index (χ2n) is 3.59. The Morgan fingerprint density at radius 3 is 2.62 bits per heavy atom. The van der Waals surface area contributed by atoms with Crippen LogP contribution in [0, 0.1) is 0 Å². The van der Waals surface area contributed by atoms with Crippen molar-refractivity contribution in [3.8, 4) is 5.75 Å². The summed E-state index contributed by atoms with van der Waals surface area (Å²) in [5.74, 6) is -0.699. The zero-order chi connectivity index (χ0) is 12.1. The van der Waals surface area contributed by atoms with Gasteiger partial charge in [-0.15, -0.1) is 0 Å². The van der Waals surface area contributed by atoms with Gasteiger partial charge in [0.2, 0.25) is 0 Å². The van der Waals surface area contributed by atoms with Crippen molar-refractivity contribution in [2.45, 2.75) is 20.0 Å². The van der Waals surface area contributed by atoms with Crippen molar-refractivity contribution >= 4 is 11.6 Å². The third-order valence-corrected chi connectivity index (χ3v) is 2.08. The lowest BCUT2D eigenvalue weighted by atomic mass is 10.0. The SMILES string of the molecule is COCc1ccc(O)c(C(=O)CC(C)=O)c1. The number of hydrogen-bond acceptors (Lipinski definition) is 4. The molecule has 1 N–H and O–H groups in total. The molecule has 0 aliphatic heterocycles. The van der Waals surface area contributed by atoms with Crippen molar-refractivity contribution < 1.29 is 19.4 Å². The van der Waals surface area contributed by atoms with Crippen LogP contribution in [0.25, 0.3) is 0 Å². The van der Waals surface area contributed by atoms with Gasteiger partial charge in [0, 0.05) is 7.11 Å². The first kappa shape index (κ1) is 12.4. The van der Waals surface area contributed by atoms with E-state index in [2.05, 4.69) is 0 Å². The molecular formula is C12H14O4. The number of hydrogen-bond donors (Lipinski definition) is 1. The Kier molecular flexibility index (Phi) is 4.19. The van der Waals surface area contributed by atoms with E-state index in [9.17, 15) is 14.7 Å². The molecule has 1 aromatic carbocycles. The van der Waals surface area contributed by atoms with Gasteiger partial charge in [0.25, 0.3) is 0 Å². The van der Waals surface area contributed by atoms with Gasteiger partial charge in [-0.25, -0.2) is 0 Å². The van der Waals surface area contributed by atoms with Crippen molar-refractivity contribution in [1.82, 2.24) is 0 Å². The Bertz CT molecular complexity index is 409. The lowest BCUT2D eigenvalue weighted by molar-refractivity contribution is -0.116. The number of methoxy groups -OCH3 is 1. The predicted octanol–water partition coefficient (Wildman–Crippen LogP) is 1.70. The number of benzene rings is 1. The molecule has 0 bridgehead atoms. The van der Waals surface area contributed by atoms with Crippen LogP contribution in [-0.4, -0.2) is 23.8 Å². The molecular weight excluding hydrogens is 208 g/mol. The minimum Gasteiger partial charge on any atom is -0.507 e. The minimum absolute atomic E-state index is 0.105. The van der Waals surface area contributed by atoms with Gasteiger partial charge in [-0.05, 0) is 24.6 Å². The Balaban J connectivity index is 2.97. The molecule has 0 atom stereocenters. The maximum Gasteiger partial charge on any atom is 0.173 e. The molecule has 0 aliphatic rings. The van der Waals surface area contributed by atoms with E-state index in [0.29, 0.717) is 6.61 Å². The quantitative estimate of drug-likeness (QED) is 0.608. The summed E-state index contributed by atoms with van der Waals surface area (Å²) in [6.45, 7) is 1.70. The molecule has 16 heavy (non-hydrogen) atoms. The molecule has 1 aromatic rings. The van der Waals surface area contributed by atoms with E-state index in [1.165, 1.54) is 13.0 Å². The minimum atomic E-state index is -0.372. The average Bonchev–Trinajstić information content (AvgIpc) is 2.20. The van der Waals surface area contributed by atoms with Gasteiger partial charge < -0.3 is 9.84 Å². The van der Waals surface area contributed by atoms with Crippen LogP contribution >= 0.6 is 0 Å². The summed E-state index contributed by atoms with van der Waals surface area (Å²) < 4.78 is 4.92. The number of ether oxygens (including phenoxy) is 1. The van der Waals surface area contributed by atoms with Crippen LogP contribution in [0.5, 0.6) is 5.75 Å². The van der Waals surface area contributed by atoms with Crippen molar-refractivity contribution in [3.63, 3.8) is 0 Å². The number of phenols is 1. The van der Waals surface area contributed by atoms with Gasteiger partial charge in [-0.3, -0.25) is 9.59 Å². The molecule has 0 radical (unpaired) electrons. The van der Waals surface area contributed by atoms with Crippen LogP contribution in [0.3, 0.4) is 0 Å². The molecule has 0 spiro atoms. The molecule has 0 saturated heterocycles. The second-order valence-corrected chi connectivity index (χ2v) is 3.59. The maximum absolute atomic E-state index is 11.6. The first-order valence-electron chi connectivity index (χ1n) is 4.88. The van der Waals surface area contributed by atoms with E-state index in [4.69, 9.17) is 4.74 Å². The highest BCUT2D eigenvalue weighted by Gasteiger charge is 2.13. The topological polar surface area (TPSA) is 63.6 Å². The fourth-order valence-electron chi connectivity index (χ4n) is 1.38. The van der Waals surface area contributed by atoms with E-state index in [-0.39, 0.29) is 29.3 Å². The second kappa shape index (κ2) is 5.42. The number of carbonyl (C=O) groups excluding carboxylic acids is 2. The summed E-state index contributed by atoms with van der Waals surface area (Å²) in [6.07, 6.45) is -0.190. The summed E-state index contributed by atoms with van der Waals surface area (Å²) in [5.41, 5.74) is 0.956. The lowest BCUT2D eigenvalue weighted by Crippen LogP contribution is -2.06. The molecule has 0 aromatic heterocycles. The summed E-state index contributed by atoms with van der Waals surface area (Å²) in [6, 6.07) is 4.65. The molecule has 0 aliphatic carbocycles. The third-order valence-electron chi connectivity index (χ3n) is 2.08. The van der Waals surface area contributed by atoms with Crippen LogP contribution in [0.2, 0.25) is 0 Å². The highest BCUT2D eigenvalue weighted by molar-refractivity contribution is 6.08. The average molecular weight is 222 g/mol. The number of ketones is 2. The molecule has 4 heteroatoms. The van der Waals surface area contributed by atoms with Crippen LogP contribution in [0.1, 0.15) is 29.3 Å². The van der Waals surface area contributed by atoms with Crippen LogP contribution in [0.4, 0.5) is 0 Å². The smallest absolute Gasteiger partial charge is 0.173 e. The first-order valence-corrected chi connectivity index (χ1v) is 4.88. The summed E-state index contributed by atoms with van der Waals surface area (Å²) in [5, 5.41) is 9.51. The molecule has 4 nitrogen and oxygen atoms in total. The Morgan fingerprint density at radius 1 is 1.38 bits per heavy atom. The van der Waals surface area contributed by atoms with E-state index in [0.717, 1.165) is 5.56 Å². The van der Waals surface area contributed by atoms with E-state index < -0.39 is 0 Å². The maximum atomic E-state index is 11.6.